The van der Waals surface area contributed by atoms with Crippen molar-refractivity contribution in [1.29, 1.82) is 0 Å². The molecule has 2 N–H and O–H groups in total. The Bertz CT molecular complexity index is 1130. The van der Waals surface area contributed by atoms with Crippen LogP contribution >= 0.6 is 0 Å². The molecule has 2 aromatic carbocycles. The van der Waals surface area contributed by atoms with Crippen molar-refractivity contribution >= 4 is 5.96 Å². The molecule has 0 aliphatic rings. The van der Waals surface area contributed by atoms with Crippen LogP contribution in [0.4, 0.5) is 0 Å². The second-order valence-electron chi connectivity index (χ2n) is 7.31. The summed E-state index contributed by atoms with van der Waals surface area (Å²) in [6, 6.07) is 18.5. The molecule has 4 rings (SSSR count). The number of aryl methyl sites for hydroxylation is 1. The lowest BCUT2D eigenvalue weighted by Gasteiger charge is -2.12. The normalized spacial score (nSPS) is 11.5. The molecule has 4 aromatic rings. The summed E-state index contributed by atoms with van der Waals surface area (Å²) in [7, 11) is 1.75. The van der Waals surface area contributed by atoms with Gasteiger partial charge in [0.15, 0.2) is 5.96 Å². The number of benzene rings is 2. The maximum Gasteiger partial charge on any atom is 0.226 e. The molecule has 0 aliphatic carbocycles. The lowest BCUT2D eigenvalue weighted by molar-refractivity contribution is 0.572. The largest absolute Gasteiger partial charge is 0.444 e. The van der Waals surface area contributed by atoms with Gasteiger partial charge in [0.05, 0.1) is 18.8 Å². The van der Waals surface area contributed by atoms with Crippen molar-refractivity contribution in [2.24, 2.45) is 4.99 Å². The van der Waals surface area contributed by atoms with Crippen molar-refractivity contribution in [1.82, 2.24) is 25.4 Å². The molecule has 0 amide bonds. The Morgan fingerprint density at radius 1 is 1.03 bits per heavy atom. The van der Waals surface area contributed by atoms with Crippen molar-refractivity contribution in [2.75, 3.05) is 7.05 Å². The molecule has 0 atom stereocenters. The third-order valence-corrected chi connectivity index (χ3v) is 4.87. The van der Waals surface area contributed by atoms with Crippen LogP contribution in [0.15, 0.2) is 82.7 Å². The van der Waals surface area contributed by atoms with Gasteiger partial charge in [0.25, 0.3) is 0 Å². The zero-order chi connectivity index (χ0) is 21.5. The van der Waals surface area contributed by atoms with E-state index in [9.17, 15) is 0 Å². The molecule has 0 bridgehead atoms. The van der Waals surface area contributed by atoms with Crippen molar-refractivity contribution < 1.29 is 4.42 Å². The van der Waals surface area contributed by atoms with Crippen LogP contribution in [0, 0.1) is 6.92 Å². The highest BCUT2D eigenvalue weighted by Crippen LogP contribution is 2.19. The van der Waals surface area contributed by atoms with Crippen molar-refractivity contribution in [2.45, 2.75) is 26.6 Å². The average molecular weight is 415 g/mol. The smallest absolute Gasteiger partial charge is 0.226 e. The number of nitrogens with zero attached hydrogens (tertiary/aromatic N) is 4. The zero-order valence-corrected chi connectivity index (χ0v) is 17.7. The molecule has 31 heavy (non-hydrogen) atoms. The number of aromatic nitrogens is 3. The van der Waals surface area contributed by atoms with E-state index in [1.54, 1.807) is 19.5 Å². The van der Waals surface area contributed by atoms with Crippen LogP contribution < -0.4 is 10.6 Å². The van der Waals surface area contributed by atoms with Crippen molar-refractivity contribution in [3.8, 4) is 11.5 Å². The molecular weight excluding hydrogens is 388 g/mol. The fourth-order valence-corrected chi connectivity index (χ4v) is 3.22. The van der Waals surface area contributed by atoms with Crippen LogP contribution in [-0.2, 0) is 19.6 Å². The first-order valence-corrected chi connectivity index (χ1v) is 10.2. The quantitative estimate of drug-likeness (QED) is 0.356. The van der Waals surface area contributed by atoms with Crippen LogP contribution in [0.3, 0.4) is 0 Å². The van der Waals surface area contributed by atoms with Gasteiger partial charge in [-0.2, -0.15) is 5.10 Å². The molecule has 2 heterocycles. The van der Waals surface area contributed by atoms with Gasteiger partial charge in [-0.1, -0.05) is 42.0 Å². The van der Waals surface area contributed by atoms with Gasteiger partial charge in [0.2, 0.25) is 5.89 Å². The van der Waals surface area contributed by atoms with E-state index >= 15 is 0 Å². The van der Waals surface area contributed by atoms with Crippen LogP contribution in [0.2, 0.25) is 0 Å². The lowest BCUT2D eigenvalue weighted by atomic mass is 10.1. The van der Waals surface area contributed by atoms with Gasteiger partial charge in [-0.15, -0.1) is 0 Å². The van der Waals surface area contributed by atoms with Gasteiger partial charge in [0.1, 0.15) is 6.26 Å². The highest BCUT2D eigenvalue weighted by Gasteiger charge is 2.07. The second-order valence-corrected chi connectivity index (χ2v) is 7.31. The summed E-state index contributed by atoms with van der Waals surface area (Å²) in [5, 5.41) is 10.9. The summed E-state index contributed by atoms with van der Waals surface area (Å²) in [6.07, 6.45) is 5.43. The topological polar surface area (TPSA) is 80.3 Å². The maximum atomic E-state index is 5.62. The first-order chi connectivity index (χ1) is 15.2. The molecule has 0 saturated carbocycles. The summed E-state index contributed by atoms with van der Waals surface area (Å²) >= 11 is 0. The van der Waals surface area contributed by atoms with E-state index in [4.69, 9.17) is 4.42 Å². The van der Waals surface area contributed by atoms with E-state index in [0.29, 0.717) is 24.9 Å². The van der Waals surface area contributed by atoms with Crippen LogP contribution in [0.5, 0.6) is 0 Å². The van der Waals surface area contributed by atoms with Crippen molar-refractivity contribution in [3.63, 3.8) is 0 Å². The number of nitrogens with one attached hydrogen (secondary N) is 2. The van der Waals surface area contributed by atoms with Crippen LogP contribution in [0.1, 0.15) is 22.4 Å². The summed E-state index contributed by atoms with van der Waals surface area (Å²) in [6.45, 7) is 4.00. The third kappa shape index (κ3) is 5.60. The van der Waals surface area contributed by atoms with E-state index in [1.807, 2.05) is 41.2 Å². The predicted molar refractivity (Wildman–Crippen MR) is 121 cm³/mol. The van der Waals surface area contributed by atoms with E-state index < -0.39 is 0 Å². The number of hydrogen-bond acceptors (Lipinski definition) is 4. The summed E-state index contributed by atoms with van der Waals surface area (Å²) in [5.74, 6) is 1.33. The average Bonchev–Trinajstić information content (AvgIpc) is 3.47. The molecule has 0 radical (unpaired) electrons. The highest BCUT2D eigenvalue weighted by atomic mass is 16.3. The Balaban J connectivity index is 1.30. The maximum absolute atomic E-state index is 5.62. The monoisotopic (exact) mass is 414 g/mol. The summed E-state index contributed by atoms with van der Waals surface area (Å²) in [5.41, 5.74) is 5.38. The molecule has 0 unspecified atom stereocenters. The summed E-state index contributed by atoms with van der Waals surface area (Å²) < 4.78 is 7.54. The highest BCUT2D eigenvalue weighted by molar-refractivity contribution is 5.79. The Morgan fingerprint density at radius 3 is 2.61 bits per heavy atom. The molecule has 0 aliphatic heterocycles. The number of oxazole rings is 1. The van der Waals surface area contributed by atoms with Gasteiger partial charge >= 0.3 is 0 Å². The van der Waals surface area contributed by atoms with Crippen molar-refractivity contribution in [3.05, 3.63) is 95.6 Å². The Labute approximate surface area is 181 Å². The van der Waals surface area contributed by atoms with E-state index in [0.717, 1.165) is 17.8 Å². The molecule has 7 heteroatoms. The Morgan fingerprint density at radius 2 is 1.84 bits per heavy atom. The van der Waals surface area contributed by atoms with E-state index in [1.165, 1.54) is 16.7 Å². The third-order valence-electron chi connectivity index (χ3n) is 4.87. The van der Waals surface area contributed by atoms with Gasteiger partial charge in [-0.05, 0) is 36.2 Å². The molecule has 0 spiro atoms. The molecule has 7 nitrogen and oxygen atoms in total. The van der Waals surface area contributed by atoms with Gasteiger partial charge in [-0.25, -0.2) is 4.98 Å². The number of guanidine groups is 1. The first-order valence-electron chi connectivity index (χ1n) is 10.2. The fourth-order valence-electron chi connectivity index (χ4n) is 3.22. The van der Waals surface area contributed by atoms with Gasteiger partial charge in [-0.3, -0.25) is 9.67 Å². The fraction of sp³-hybridized carbons (Fsp3) is 0.208. The van der Waals surface area contributed by atoms with E-state index in [2.05, 4.69) is 56.9 Å². The minimum atomic E-state index is 0.522. The standard InChI is InChI=1S/C24H26N6O/c1-18-7-9-21(10-8-18)23-29-22(17-31-23)15-27-24(25-2)26-14-19-5-3-6-20(13-19)16-30-12-4-11-28-30/h3-13,17H,14-16H2,1-2H3,(H2,25,26,27). The predicted octanol–water partition coefficient (Wildman–Crippen LogP) is 3.76. The second kappa shape index (κ2) is 9.75. The Hall–Kier alpha value is -3.87. The van der Waals surface area contributed by atoms with Crippen LogP contribution in [0.25, 0.3) is 11.5 Å². The first kappa shape index (κ1) is 20.4. The number of aliphatic imine (C=N–C) groups is 1. The molecule has 0 saturated heterocycles. The minimum absolute atomic E-state index is 0.522. The van der Waals surface area contributed by atoms with Gasteiger partial charge in [0, 0.05) is 31.5 Å². The Kier molecular flexibility index (Phi) is 6.42. The zero-order valence-electron chi connectivity index (χ0n) is 17.7. The SMILES string of the molecule is CN=C(NCc1cccc(Cn2cccn2)c1)NCc1coc(-c2ccc(C)cc2)n1. The summed E-state index contributed by atoms with van der Waals surface area (Å²) in [4.78, 5) is 8.86. The number of rotatable bonds is 7. The lowest BCUT2D eigenvalue weighted by Crippen LogP contribution is -2.36. The van der Waals surface area contributed by atoms with Crippen LogP contribution in [-0.4, -0.2) is 27.8 Å². The minimum Gasteiger partial charge on any atom is -0.444 e. The van der Waals surface area contributed by atoms with E-state index in [-0.39, 0.29) is 0 Å². The number of hydrogen-bond donors (Lipinski definition) is 2. The molecule has 0 fully saturated rings. The molecule has 2 aromatic heterocycles. The molecule has 158 valence electrons. The van der Waals surface area contributed by atoms with Gasteiger partial charge < -0.3 is 15.1 Å². The molecular formula is C24H26N6O.